The Morgan fingerprint density at radius 3 is 2.50 bits per heavy atom. The molecule has 0 saturated carbocycles. The van der Waals surface area contributed by atoms with Crippen LogP contribution in [0, 0.1) is 5.92 Å². The lowest BCUT2D eigenvalue weighted by molar-refractivity contribution is 0.177. The van der Waals surface area contributed by atoms with E-state index >= 15 is 0 Å². The van der Waals surface area contributed by atoms with Gasteiger partial charge in [-0.1, -0.05) is 31.9 Å². The molecular weight excluding hydrogens is 336 g/mol. The molecule has 1 aliphatic rings. The fraction of sp³-hybridized carbons (Fsp3) is 0.455. The minimum absolute atomic E-state index is 0.149. The van der Waals surface area contributed by atoms with E-state index < -0.39 is 0 Å². The van der Waals surface area contributed by atoms with Gasteiger partial charge in [0.05, 0.1) is 12.6 Å². The van der Waals surface area contributed by atoms with Crippen LogP contribution in [0.15, 0.2) is 27.1 Å². The highest BCUT2D eigenvalue weighted by atomic mass is 79.9. The van der Waals surface area contributed by atoms with Crippen LogP contribution in [0.1, 0.15) is 18.0 Å². The summed E-state index contributed by atoms with van der Waals surface area (Å²) in [7, 11) is 0. The highest BCUT2D eigenvalue weighted by molar-refractivity contribution is 9.11. The fourth-order valence-electron chi connectivity index (χ4n) is 2.07. The van der Waals surface area contributed by atoms with Gasteiger partial charge in [-0.2, -0.15) is 0 Å². The van der Waals surface area contributed by atoms with Gasteiger partial charge in [-0.25, -0.2) is 0 Å². The van der Waals surface area contributed by atoms with Crippen LogP contribution in [0.25, 0.3) is 0 Å². The molecule has 1 aromatic rings. The molecule has 5 heteroatoms. The number of ether oxygens (including phenoxy) is 1. The SMILES string of the molecule is NNC(c1cc(Br)cc(Br)c1)C1CCOC1. The molecule has 0 radical (unpaired) electrons. The van der Waals surface area contributed by atoms with Crippen LogP contribution in [0.5, 0.6) is 0 Å². The maximum Gasteiger partial charge on any atom is 0.0513 e. The Morgan fingerprint density at radius 1 is 1.31 bits per heavy atom. The minimum atomic E-state index is 0.149. The van der Waals surface area contributed by atoms with Crippen molar-refractivity contribution >= 4 is 31.9 Å². The Balaban J connectivity index is 2.24. The highest BCUT2D eigenvalue weighted by Gasteiger charge is 2.26. The van der Waals surface area contributed by atoms with Crippen molar-refractivity contribution in [3.8, 4) is 0 Å². The van der Waals surface area contributed by atoms with Crippen LogP contribution in [0.4, 0.5) is 0 Å². The van der Waals surface area contributed by atoms with Crippen molar-refractivity contribution in [1.82, 2.24) is 5.43 Å². The summed E-state index contributed by atoms with van der Waals surface area (Å²) in [5, 5.41) is 0. The van der Waals surface area contributed by atoms with Gasteiger partial charge in [0.2, 0.25) is 0 Å². The number of hydrogen-bond donors (Lipinski definition) is 2. The van der Waals surface area contributed by atoms with Crippen molar-refractivity contribution in [2.45, 2.75) is 12.5 Å². The second kappa shape index (κ2) is 5.60. The number of rotatable bonds is 3. The van der Waals surface area contributed by atoms with E-state index in [-0.39, 0.29) is 6.04 Å². The monoisotopic (exact) mass is 348 g/mol. The Bertz CT molecular complexity index is 347. The molecule has 0 aliphatic carbocycles. The molecule has 0 amide bonds. The van der Waals surface area contributed by atoms with Gasteiger partial charge in [0.1, 0.15) is 0 Å². The lowest BCUT2D eigenvalue weighted by Gasteiger charge is -2.22. The van der Waals surface area contributed by atoms with Gasteiger partial charge in [-0.3, -0.25) is 11.3 Å². The summed E-state index contributed by atoms with van der Waals surface area (Å²) in [4.78, 5) is 0. The van der Waals surface area contributed by atoms with Gasteiger partial charge in [0.25, 0.3) is 0 Å². The zero-order valence-electron chi connectivity index (χ0n) is 8.75. The molecule has 1 aliphatic heterocycles. The third-order valence-corrected chi connectivity index (χ3v) is 3.78. The predicted octanol–water partition coefficient (Wildman–Crippen LogP) is 2.75. The van der Waals surface area contributed by atoms with E-state index in [9.17, 15) is 0 Å². The number of halogens is 2. The molecule has 0 aromatic heterocycles. The van der Waals surface area contributed by atoms with Crippen LogP contribution in [-0.4, -0.2) is 13.2 Å². The number of nitrogens with two attached hydrogens (primary N) is 1. The van der Waals surface area contributed by atoms with Gasteiger partial charge >= 0.3 is 0 Å². The van der Waals surface area contributed by atoms with Gasteiger partial charge < -0.3 is 4.74 Å². The van der Waals surface area contributed by atoms with E-state index in [1.807, 2.05) is 6.07 Å². The Morgan fingerprint density at radius 2 is 2.00 bits per heavy atom. The molecule has 2 atom stereocenters. The van der Waals surface area contributed by atoms with Gasteiger partial charge in [-0.15, -0.1) is 0 Å². The third kappa shape index (κ3) is 2.84. The van der Waals surface area contributed by atoms with Crippen molar-refractivity contribution in [2.75, 3.05) is 13.2 Å². The number of hydrazine groups is 1. The fourth-order valence-corrected chi connectivity index (χ4v) is 3.40. The number of hydrogen-bond acceptors (Lipinski definition) is 3. The molecule has 3 nitrogen and oxygen atoms in total. The van der Waals surface area contributed by atoms with E-state index in [4.69, 9.17) is 10.6 Å². The maximum absolute atomic E-state index is 5.65. The first-order valence-electron chi connectivity index (χ1n) is 5.20. The van der Waals surface area contributed by atoms with Gasteiger partial charge in [0.15, 0.2) is 0 Å². The Hall–Kier alpha value is 0.0600. The summed E-state index contributed by atoms with van der Waals surface area (Å²) >= 11 is 6.98. The van der Waals surface area contributed by atoms with Crippen molar-refractivity contribution in [3.05, 3.63) is 32.7 Å². The van der Waals surface area contributed by atoms with Crippen molar-refractivity contribution in [1.29, 1.82) is 0 Å². The van der Waals surface area contributed by atoms with E-state index in [1.165, 1.54) is 5.56 Å². The zero-order chi connectivity index (χ0) is 11.5. The quantitative estimate of drug-likeness (QED) is 0.651. The summed E-state index contributed by atoms with van der Waals surface area (Å²) in [5.41, 5.74) is 4.07. The molecule has 2 rings (SSSR count). The smallest absolute Gasteiger partial charge is 0.0513 e. The maximum atomic E-state index is 5.65. The lowest BCUT2D eigenvalue weighted by Crippen LogP contribution is -2.33. The highest BCUT2D eigenvalue weighted by Crippen LogP contribution is 2.31. The Labute approximate surface area is 112 Å². The standard InChI is InChI=1S/C11H14Br2N2O/c12-9-3-8(4-10(13)5-9)11(15-14)7-1-2-16-6-7/h3-5,7,11,15H,1-2,6,14H2. The molecule has 1 aromatic carbocycles. The third-order valence-electron chi connectivity index (χ3n) is 2.86. The molecule has 1 heterocycles. The van der Waals surface area contributed by atoms with Crippen LogP contribution in [0.2, 0.25) is 0 Å². The molecule has 3 N–H and O–H groups in total. The lowest BCUT2D eigenvalue weighted by atomic mass is 9.93. The van der Waals surface area contributed by atoms with E-state index in [1.54, 1.807) is 0 Å². The second-order valence-corrected chi connectivity index (χ2v) is 5.80. The summed E-state index contributed by atoms with van der Waals surface area (Å²) in [5.74, 6) is 6.10. The molecular formula is C11H14Br2N2O. The van der Waals surface area contributed by atoms with Crippen molar-refractivity contribution in [2.24, 2.45) is 11.8 Å². The first-order chi connectivity index (χ1) is 7.70. The van der Waals surface area contributed by atoms with Gasteiger partial charge in [0, 0.05) is 21.5 Å². The van der Waals surface area contributed by atoms with E-state index in [0.717, 1.165) is 28.6 Å². The van der Waals surface area contributed by atoms with Crippen molar-refractivity contribution < 1.29 is 4.74 Å². The summed E-state index contributed by atoms with van der Waals surface area (Å²) < 4.78 is 7.51. The summed E-state index contributed by atoms with van der Waals surface area (Å²) in [6.45, 7) is 1.61. The van der Waals surface area contributed by atoms with Crippen molar-refractivity contribution in [3.63, 3.8) is 0 Å². The molecule has 1 fully saturated rings. The summed E-state index contributed by atoms with van der Waals surface area (Å²) in [6.07, 6.45) is 1.05. The second-order valence-electron chi connectivity index (χ2n) is 3.97. The molecule has 16 heavy (non-hydrogen) atoms. The predicted molar refractivity (Wildman–Crippen MR) is 70.8 cm³/mol. The van der Waals surface area contributed by atoms with Crippen LogP contribution >= 0.6 is 31.9 Å². The minimum Gasteiger partial charge on any atom is -0.381 e. The van der Waals surface area contributed by atoms with E-state index in [2.05, 4.69) is 49.4 Å². The molecule has 88 valence electrons. The number of benzene rings is 1. The van der Waals surface area contributed by atoms with Crippen LogP contribution in [-0.2, 0) is 4.74 Å². The molecule has 0 spiro atoms. The molecule has 0 bridgehead atoms. The van der Waals surface area contributed by atoms with Gasteiger partial charge in [-0.05, 0) is 30.2 Å². The number of nitrogens with one attached hydrogen (secondary N) is 1. The topological polar surface area (TPSA) is 47.3 Å². The normalized spacial score (nSPS) is 22.3. The summed E-state index contributed by atoms with van der Waals surface area (Å²) in [6, 6.07) is 6.35. The molecule has 2 unspecified atom stereocenters. The zero-order valence-corrected chi connectivity index (χ0v) is 11.9. The average Bonchev–Trinajstić information content (AvgIpc) is 2.70. The first-order valence-corrected chi connectivity index (χ1v) is 6.79. The largest absolute Gasteiger partial charge is 0.381 e. The van der Waals surface area contributed by atoms with Crippen LogP contribution < -0.4 is 11.3 Å². The average molecular weight is 350 g/mol. The first kappa shape index (κ1) is 12.5. The van der Waals surface area contributed by atoms with Crippen LogP contribution in [0.3, 0.4) is 0 Å². The molecule has 1 saturated heterocycles. The van der Waals surface area contributed by atoms with E-state index in [0.29, 0.717) is 5.92 Å². The Kier molecular flexibility index (Phi) is 4.38.